The second-order valence-electron chi connectivity index (χ2n) is 3.95. The first kappa shape index (κ1) is 10.2. The van der Waals surface area contributed by atoms with Crippen LogP contribution in [0.25, 0.3) is 0 Å². The second kappa shape index (κ2) is 4.49. The van der Waals surface area contributed by atoms with Crippen LogP contribution >= 0.6 is 0 Å². The van der Waals surface area contributed by atoms with Crippen LogP contribution in [0.3, 0.4) is 0 Å². The van der Waals surface area contributed by atoms with Crippen molar-refractivity contribution in [2.24, 2.45) is 0 Å². The zero-order valence-electron chi connectivity index (χ0n) is 9.11. The van der Waals surface area contributed by atoms with Gasteiger partial charge in [-0.05, 0) is 30.0 Å². The summed E-state index contributed by atoms with van der Waals surface area (Å²) in [5.74, 6) is 0. The van der Waals surface area contributed by atoms with E-state index in [1.165, 1.54) is 11.1 Å². The molecule has 0 atom stereocenters. The van der Waals surface area contributed by atoms with Gasteiger partial charge in [-0.15, -0.1) is 0 Å². The number of rotatable bonds is 3. The van der Waals surface area contributed by atoms with E-state index < -0.39 is 0 Å². The van der Waals surface area contributed by atoms with E-state index in [0.717, 1.165) is 24.9 Å². The molecule has 0 saturated heterocycles. The summed E-state index contributed by atoms with van der Waals surface area (Å²) in [5, 5.41) is 9.31. The predicted molar refractivity (Wildman–Crippen MR) is 62.7 cm³/mol. The first-order valence-electron chi connectivity index (χ1n) is 5.50. The molecule has 1 aromatic carbocycles. The lowest BCUT2D eigenvalue weighted by Crippen LogP contribution is -2.23. The molecule has 1 aliphatic rings. The highest BCUT2D eigenvalue weighted by Crippen LogP contribution is 2.29. The van der Waals surface area contributed by atoms with Crippen molar-refractivity contribution in [3.8, 4) is 0 Å². The third-order valence-electron chi connectivity index (χ3n) is 2.78. The van der Waals surface area contributed by atoms with Crippen molar-refractivity contribution in [3.63, 3.8) is 0 Å². The van der Waals surface area contributed by atoms with Crippen molar-refractivity contribution in [3.05, 3.63) is 41.6 Å². The summed E-state index contributed by atoms with van der Waals surface area (Å²) < 4.78 is 0. The maximum Gasteiger partial charge on any atom is 0.119 e. The van der Waals surface area contributed by atoms with Gasteiger partial charge >= 0.3 is 0 Å². The molecule has 0 bridgehead atoms. The number of aliphatic hydroxyl groups excluding tert-OH is 1. The SMILES string of the molecule is CCCC1=CN(CO)c2ccccc2C1. The molecule has 0 saturated carbocycles. The molecule has 0 unspecified atom stereocenters. The van der Waals surface area contributed by atoms with Gasteiger partial charge in [0.1, 0.15) is 6.73 Å². The number of nitrogens with zero attached hydrogens (tertiary/aromatic N) is 1. The highest BCUT2D eigenvalue weighted by Gasteiger charge is 2.15. The second-order valence-corrected chi connectivity index (χ2v) is 3.95. The summed E-state index contributed by atoms with van der Waals surface area (Å²) in [6.45, 7) is 2.24. The Morgan fingerprint density at radius 2 is 2.13 bits per heavy atom. The summed E-state index contributed by atoms with van der Waals surface area (Å²) in [6, 6.07) is 8.27. The Morgan fingerprint density at radius 3 is 2.87 bits per heavy atom. The maximum absolute atomic E-state index is 9.31. The van der Waals surface area contributed by atoms with Gasteiger partial charge in [0.05, 0.1) is 0 Å². The number of anilines is 1. The van der Waals surface area contributed by atoms with E-state index in [1.54, 1.807) is 0 Å². The van der Waals surface area contributed by atoms with Crippen molar-refractivity contribution in [1.82, 2.24) is 0 Å². The van der Waals surface area contributed by atoms with Crippen LogP contribution in [0.5, 0.6) is 0 Å². The number of para-hydroxylation sites is 1. The summed E-state index contributed by atoms with van der Waals surface area (Å²) in [4.78, 5) is 1.92. The van der Waals surface area contributed by atoms with Crippen molar-refractivity contribution in [2.45, 2.75) is 26.2 Å². The Kier molecular flexibility index (Phi) is 3.07. The third-order valence-corrected chi connectivity index (χ3v) is 2.78. The van der Waals surface area contributed by atoms with Gasteiger partial charge in [-0.1, -0.05) is 31.5 Å². The first-order valence-corrected chi connectivity index (χ1v) is 5.50. The topological polar surface area (TPSA) is 23.5 Å². The Labute approximate surface area is 90.8 Å². The van der Waals surface area contributed by atoms with Crippen LogP contribution in [-0.4, -0.2) is 11.8 Å². The van der Waals surface area contributed by atoms with Crippen LogP contribution in [0.2, 0.25) is 0 Å². The largest absolute Gasteiger partial charge is 0.376 e. The van der Waals surface area contributed by atoms with Gasteiger partial charge in [0.25, 0.3) is 0 Å². The normalized spacial score (nSPS) is 14.8. The molecule has 2 heteroatoms. The molecule has 1 N–H and O–H groups in total. The molecule has 0 aliphatic carbocycles. The molecule has 0 amide bonds. The van der Waals surface area contributed by atoms with E-state index in [1.807, 2.05) is 11.0 Å². The van der Waals surface area contributed by atoms with Gasteiger partial charge in [-0.3, -0.25) is 0 Å². The zero-order valence-corrected chi connectivity index (χ0v) is 9.11. The van der Waals surface area contributed by atoms with E-state index >= 15 is 0 Å². The Hall–Kier alpha value is -1.28. The molecule has 0 radical (unpaired) electrons. The quantitative estimate of drug-likeness (QED) is 0.816. The van der Waals surface area contributed by atoms with Crippen molar-refractivity contribution in [2.75, 3.05) is 11.6 Å². The average molecular weight is 203 g/mol. The molecule has 1 aliphatic heterocycles. The van der Waals surface area contributed by atoms with Crippen LogP contribution in [-0.2, 0) is 6.42 Å². The lowest BCUT2D eigenvalue weighted by molar-refractivity contribution is 0.302. The Balaban J connectivity index is 2.30. The molecule has 0 spiro atoms. The molecule has 0 fully saturated rings. The summed E-state index contributed by atoms with van der Waals surface area (Å²) >= 11 is 0. The highest BCUT2D eigenvalue weighted by molar-refractivity contribution is 5.59. The minimum Gasteiger partial charge on any atom is -0.376 e. The monoisotopic (exact) mass is 203 g/mol. The van der Waals surface area contributed by atoms with Crippen LogP contribution in [0.1, 0.15) is 25.3 Å². The van der Waals surface area contributed by atoms with Gasteiger partial charge in [-0.2, -0.15) is 0 Å². The molecular weight excluding hydrogens is 186 g/mol. The van der Waals surface area contributed by atoms with Gasteiger partial charge in [-0.25, -0.2) is 0 Å². The van der Waals surface area contributed by atoms with Gasteiger partial charge < -0.3 is 10.0 Å². The fourth-order valence-electron chi connectivity index (χ4n) is 2.11. The molecule has 2 rings (SSSR count). The Morgan fingerprint density at radius 1 is 1.33 bits per heavy atom. The summed E-state index contributed by atoms with van der Waals surface area (Å²) in [5.41, 5.74) is 3.86. The number of fused-ring (bicyclic) bond motifs is 1. The highest BCUT2D eigenvalue weighted by atomic mass is 16.3. The maximum atomic E-state index is 9.31. The van der Waals surface area contributed by atoms with E-state index in [4.69, 9.17) is 0 Å². The smallest absolute Gasteiger partial charge is 0.119 e. The lowest BCUT2D eigenvalue weighted by Gasteiger charge is -2.27. The molecule has 80 valence electrons. The number of hydrogen-bond acceptors (Lipinski definition) is 2. The van der Waals surface area contributed by atoms with E-state index in [2.05, 4.69) is 31.3 Å². The fraction of sp³-hybridized carbons (Fsp3) is 0.385. The number of benzene rings is 1. The van der Waals surface area contributed by atoms with Gasteiger partial charge in [0.2, 0.25) is 0 Å². The molecule has 2 nitrogen and oxygen atoms in total. The molecule has 0 aromatic heterocycles. The number of allylic oxidation sites excluding steroid dienone is 1. The van der Waals surface area contributed by atoms with E-state index in [-0.39, 0.29) is 6.73 Å². The van der Waals surface area contributed by atoms with Gasteiger partial charge in [0.15, 0.2) is 0 Å². The zero-order chi connectivity index (χ0) is 10.7. The van der Waals surface area contributed by atoms with Crippen molar-refractivity contribution in [1.29, 1.82) is 0 Å². The summed E-state index contributed by atoms with van der Waals surface area (Å²) in [6.07, 6.45) is 5.39. The molecular formula is C13H17NO. The van der Waals surface area contributed by atoms with Crippen LogP contribution in [0.4, 0.5) is 5.69 Å². The fourth-order valence-corrected chi connectivity index (χ4v) is 2.11. The van der Waals surface area contributed by atoms with Crippen molar-refractivity contribution >= 4 is 5.69 Å². The molecule has 1 heterocycles. The summed E-state index contributed by atoms with van der Waals surface area (Å²) in [7, 11) is 0. The predicted octanol–water partition coefficient (Wildman–Crippen LogP) is 2.68. The number of hydrogen-bond donors (Lipinski definition) is 1. The standard InChI is InChI=1S/C13H17NO/c1-2-5-11-8-12-6-3-4-7-13(12)14(9-11)10-15/h3-4,6-7,9,15H,2,5,8,10H2,1H3. The van der Waals surface area contributed by atoms with E-state index in [9.17, 15) is 5.11 Å². The van der Waals surface area contributed by atoms with Crippen LogP contribution in [0, 0.1) is 0 Å². The third kappa shape index (κ3) is 2.05. The molecule has 15 heavy (non-hydrogen) atoms. The first-order chi connectivity index (χ1) is 7.35. The van der Waals surface area contributed by atoms with Crippen molar-refractivity contribution < 1.29 is 5.11 Å². The molecule has 1 aromatic rings. The average Bonchev–Trinajstić information content (AvgIpc) is 2.28. The Bertz CT molecular complexity index is 371. The lowest BCUT2D eigenvalue weighted by atomic mass is 9.97. The minimum atomic E-state index is 0.0597. The van der Waals surface area contributed by atoms with E-state index in [0.29, 0.717) is 0 Å². The van der Waals surface area contributed by atoms with Crippen LogP contribution < -0.4 is 4.90 Å². The number of aliphatic hydroxyl groups is 1. The minimum absolute atomic E-state index is 0.0597. The van der Waals surface area contributed by atoms with Crippen LogP contribution in [0.15, 0.2) is 36.0 Å². The van der Waals surface area contributed by atoms with Gasteiger partial charge in [0, 0.05) is 11.9 Å².